The fourth-order valence-electron chi connectivity index (χ4n) is 1.83. The zero-order valence-corrected chi connectivity index (χ0v) is 9.92. The lowest BCUT2D eigenvalue weighted by atomic mass is 10.3. The average molecular weight is 281 g/mol. The third kappa shape index (κ3) is 2.23. The first kappa shape index (κ1) is 13.3. The summed E-state index contributed by atoms with van der Waals surface area (Å²) in [6.07, 6.45) is -0.657. The molecule has 1 saturated heterocycles. The summed E-state index contributed by atoms with van der Waals surface area (Å²) in [4.78, 5) is -1.18. The normalized spacial score (nSPS) is 21.4. The highest BCUT2D eigenvalue weighted by molar-refractivity contribution is 7.89. The van der Waals surface area contributed by atoms with E-state index in [1.54, 1.807) is 0 Å². The Morgan fingerprint density at radius 1 is 1.22 bits per heavy atom. The van der Waals surface area contributed by atoms with Crippen molar-refractivity contribution < 1.29 is 26.7 Å². The van der Waals surface area contributed by atoms with E-state index in [2.05, 4.69) is 0 Å². The molecule has 2 rings (SSSR count). The van der Waals surface area contributed by atoms with Crippen LogP contribution in [0.3, 0.4) is 0 Å². The lowest BCUT2D eigenvalue weighted by Gasteiger charge is -2.16. The van der Waals surface area contributed by atoms with Crippen molar-refractivity contribution >= 4 is 10.0 Å². The van der Waals surface area contributed by atoms with Crippen molar-refractivity contribution in [2.24, 2.45) is 0 Å². The number of aliphatic hydroxyl groups excluding tert-OH is 1. The van der Waals surface area contributed by atoms with Crippen LogP contribution < -0.4 is 0 Å². The molecule has 1 aromatic carbocycles. The first-order valence-corrected chi connectivity index (χ1v) is 6.59. The van der Waals surface area contributed by atoms with Gasteiger partial charge in [0.15, 0.2) is 4.90 Å². The van der Waals surface area contributed by atoms with E-state index in [0.29, 0.717) is 12.1 Å². The molecule has 1 N–H and O–H groups in total. The van der Waals surface area contributed by atoms with Crippen molar-refractivity contribution in [1.29, 1.82) is 0 Å². The quantitative estimate of drug-likeness (QED) is 0.874. The summed E-state index contributed by atoms with van der Waals surface area (Å²) in [7, 11) is -4.39. The molecule has 8 heteroatoms. The molecule has 0 amide bonds. The highest BCUT2D eigenvalue weighted by Gasteiger charge is 2.35. The average Bonchev–Trinajstić information content (AvgIpc) is 2.63. The molecule has 1 aromatic rings. The van der Waals surface area contributed by atoms with Gasteiger partial charge in [-0.2, -0.15) is 4.31 Å². The maximum Gasteiger partial charge on any atom is 0.249 e. The Balaban J connectivity index is 2.48. The van der Waals surface area contributed by atoms with Crippen molar-refractivity contribution in [3.05, 3.63) is 29.6 Å². The number of hydrogen-bond acceptors (Lipinski definition) is 3. The molecule has 1 atom stereocenters. The van der Waals surface area contributed by atoms with Crippen LogP contribution in [-0.4, -0.2) is 37.0 Å². The third-order valence-electron chi connectivity index (χ3n) is 2.69. The summed E-state index contributed by atoms with van der Waals surface area (Å²) in [5.41, 5.74) is 0. The lowest BCUT2D eigenvalue weighted by Crippen LogP contribution is -2.31. The molecule has 0 bridgehead atoms. The standard InChI is InChI=1S/C10H10F3NO3S/c11-6-3-8(12)10(9(13)4-6)18(16,17)14-2-1-7(15)5-14/h3-4,7,15H,1-2,5H2. The fraction of sp³-hybridized carbons (Fsp3) is 0.400. The van der Waals surface area contributed by atoms with Crippen LogP contribution in [0.5, 0.6) is 0 Å². The summed E-state index contributed by atoms with van der Waals surface area (Å²) < 4.78 is 64.2. The van der Waals surface area contributed by atoms with Gasteiger partial charge in [0, 0.05) is 25.2 Å². The van der Waals surface area contributed by atoms with Gasteiger partial charge in [0.2, 0.25) is 10.0 Å². The van der Waals surface area contributed by atoms with E-state index in [-0.39, 0.29) is 19.5 Å². The molecule has 18 heavy (non-hydrogen) atoms. The Morgan fingerprint density at radius 2 is 1.78 bits per heavy atom. The molecule has 1 heterocycles. The van der Waals surface area contributed by atoms with Crippen LogP contribution >= 0.6 is 0 Å². The van der Waals surface area contributed by atoms with Gasteiger partial charge in [0.05, 0.1) is 6.10 Å². The summed E-state index contributed by atoms with van der Waals surface area (Å²) in [5, 5.41) is 9.24. The largest absolute Gasteiger partial charge is 0.392 e. The Morgan fingerprint density at radius 3 is 2.22 bits per heavy atom. The molecular formula is C10H10F3NO3S. The minimum atomic E-state index is -4.39. The van der Waals surface area contributed by atoms with E-state index in [1.165, 1.54) is 0 Å². The minimum absolute atomic E-state index is 0.0280. The van der Waals surface area contributed by atoms with Crippen LogP contribution in [0.1, 0.15) is 6.42 Å². The van der Waals surface area contributed by atoms with Gasteiger partial charge >= 0.3 is 0 Å². The predicted molar refractivity (Wildman–Crippen MR) is 55.7 cm³/mol. The van der Waals surface area contributed by atoms with Crippen LogP contribution in [0.25, 0.3) is 0 Å². The monoisotopic (exact) mass is 281 g/mol. The van der Waals surface area contributed by atoms with Gasteiger partial charge in [-0.15, -0.1) is 0 Å². The summed E-state index contributed by atoms with van der Waals surface area (Å²) in [6, 6.07) is 0.616. The predicted octanol–water partition coefficient (Wildman–Crippen LogP) is 0.859. The van der Waals surface area contributed by atoms with E-state index in [0.717, 1.165) is 4.31 Å². The topological polar surface area (TPSA) is 57.6 Å². The maximum atomic E-state index is 13.4. The fourth-order valence-corrected chi connectivity index (χ4v) is 3.42. The van der Waals surface area contributed by atoms with Gasteiger partial charge in [0.1, 0.15) is 17.5 Å². The van der Waals surface area contributed by atoms with Crippen LogP contribution in [0, 0.1) is 17.5 Å². The molecule has 100 valence electrons. The van der Waals surface area contributed by atoms with Gasteiger partial charge in [-0.3, -0.25) is 0 Å². The zero-order chi connectivity index (χ0) is 13.5. The molecule has 1 aliphatic rings. The Bertz CT molecular complexity index is 553. The smallest absolute Gasteiger partial charge is 0.249 e. The van der Waals surface area contributed by atoms with Crippen molar-refractivity contribution in [2.45, 2.75) is 17.4 Å². The summed E-state index contributed by atoms with van der Waals surface area (Å²) >= 11 is 0. The molecule has 0 aromatic heterocycles. The first-order chi connectivity index (χ1) is 8.32. The molecular weight excluding hydrogens is 271 g/mol. The van der Waals surface area contributed by atoms with Crippen LogP contribution in [0.2, 0.25) is 0 Å². The van der Waals surface area contributed by atoms with E-state index >= 15 is 0 Å². The SMILES string of the molecule is O=S(=O)(c1c(F)cc(F)cc1F)N1CCC(O)C1. The maximum absolute atomic E-state index is 13.4. The number of nitrogens with zero attached hydrogens (tertiary/aromatic N) is 1. The van der Waals surface area contributed by atoms with Crippen molar-refractivity contribution in [1.82, 2.24) is 4.31 Å². The molecule has 1 fully saturated rings. The summed E-state index contributed by atoms with van der Waals surface area (Å²) in [6.45, 7) is -0.252. The van der Waals surface area contributed by atoms with Gasteiger partial charge in [-0.1, -0.05) is 0 Å². The second-order valence-electron chi connectivity index (χ2n) is 4.00. The Kier molecular flexibility index (Phi) is 3.35. The van der Waals surface area contributed by atoms with Crippen molar-refractivity contribution in [3.8, 4) is 0 Å². The van der Waals surface area contributed by atoms with Gasteiger partial charge in [-0.05, 0) is 6.42 Å². The number of rotatable bonds is 2. The highest BCUT2D eigenvalue weighted by Crippen LogP contribution is 2.26. The minimum Gasteiger partial charge on any atom is -0.392 e. The number of β-amino-alcohol motifs (C(OH)–C–C–N with tert-alkyl or cyclic N) is 1. The molecule has 1 unspecified atom stereocenters. The van der Waals surface area contributed by atoms with Gasteiger partial charge in [-0.25, -0.2) is 21.6 Å². The second kappa shape index (κ2) is 4.52. The lowest BCUT2D eigenvalue weighted by molar-refractivity contribution is 0.189. The van der Waals surface area contributed by atoms with E-state index in [4.69, 9.17) is 0 Å². The van der Waals surface area contributed by atoms with Crippen LogP contribution in [0.15, 0.2) is 17.0 Å². The third-order valence-corrected chi connectivity index (χ3v) is 4.60. The second-order valence-corrected chi connectivity index (χ2v) is 5.88. The summed E-state index contributed by atoms with van der Waals surface area (Å²) in [5.74, 6) is -4.15. The number of aliphatic hydroxyl groups is 1. The highest BCUT2D eigenvalue weighted by atomic mass is 32.2. The first-order valence-electron chi connectivity index (χ1n) is 5.15. The zero-order valence-electron chi connectivity index (χ0n) is 9.11. The molecule has 0 spiro atoms. The molecule has 4 nitrogen and oxygen atoms in total. The van der Waals surface area contributed by atoms with Gasteiger partial charge < -0.3 is 5.11 Å². The number of benzene rings is 1. The van der Waals surface area contributed by atoms with Crippen LogP contribution in [-0.2, 0) is 10.0 Å². The van der Waals surface area contributed by atoms with E-state index in [9.17, 15) is 26.7 Å². The molecule has 0 saturated carbocycles. The number of hydrogen-bond donors (Lipinski definition) is 1. The Hall–Kier alpha value is -1.12. The van der Waals surface area contributed by atoms with Crippen LogP contribution in [0.4, 0.5) is 13.2 Å². The van der Waals surface area contributed by atoms with Crippen molar-refractivity contribution in [2.75, 3.05) is 13.1 Å². The van der Waals surface area contributed by atoms with Crippen molar-refractivity contribution in [3.63, 3.8) is 0 Å². The van der Waals surface area contributed by atoms with Gasteiger partial charge in [0.25, 0.3) is 0 Å². The van der Waals surface area contributed by atoms with E-state index in [1.807, 2.05) is 0 Å². The van der Waals surface area contributed by atoms with E-state index < -0.39 is 38.5 Å². The molecule has 0 aliphatic carbocycles. The number of halogens is 3. The molecule has 0 radical (unpaired) electrons. The Labute approximate surface area is 102 Å². The molecule has 1 aliphatic heterocycles. The number of sulfonamides is 1.